The number of hydrogen-bond donors (Lipinski definition) is 1. The molecular formula is C16H22N2O3. The van der Waals surface area contributed by atoms with Gasteiger partial charge in [-0.1, -0.05) is 18.2 Å². The minimum atomic E-state index is -0.293. The Kier molecular flexibility index (Phi) is 4.96. The lowest BCUT2D eigenvalue weighted by molar-refractivity contribution is -0.146. The van der Waals surface area contributed by atoms with E-state index in [-0.39, 0.29) is 24.5 Å². The number of aryl methyl sites for hydroxylation is 2. The lowest BCUT2D eigenvalue weighted by Gasteiger charge is -2.22. The van der Waals surface area contributed by atoms with Gasteiger partial charge in [0.15, 0.2) is 0 Å². The number of benzene rings is 1. The van der Waals surface area contributed by atoms with Gasteiger partial charge in [0.1, 0.15) is 6.04 Å². The Morgan fingerprint density at radius 1 is 1.33 bits per heavy atom. The van der Waals surface area contributed by atoms with Crippen LogP contribution in [0.5, 0.6) is 0 Å². The van der Waals surface area contributed by atoms with E-state index in [9.17, 15) is 9.59 Å². The van der Waals surface area contributed by atoms with Crippen LogP contribution in [0.4, 0.5) is 5.69 Å². The second kappa shape index (κ2) is 6.72. The van der Waals surface area contributed by atoms with Crippen LogP contribution in [0.25, 0.3) is 0 Å². The van der Waals surface area contributed by atoms with Gasteiger partial charge in [0.2, 0.25) is 5.91 Å². The molecule has 5 heteroatoms. The number of likely N-dealkylation sites (tertiary alicyclic amines) is 1. The summed E-state index contributed by atoms with van der Waals surface area (Å²) in [5, 5.41) is 2.95. The first kappa shape index (κ1) is 15.5. The SMILES string of the molecule is COC(=O)[C@H]1CCCN1CC(=O)Nc1c(C)cccc1C. The van der Waals surface area contributed by atoms with Gasteiger partial charge < -0.3 is 10.1 Å². The summed E-state index contributed by atoms with van der Waals surface area (Å²) in [7, 11) is 1.38. The molecule has 1 heterocycles. The molecule has 1 fully saturated rings. The highest BCUT2D eigenvalue weighted by atomic mass is 16.5. The van der Waals surface area contributed by atoms with E-state index >= 15 is 0 Å². The predicted molar refractivity (Wildman–Crippen MR) is 81.2 cm³/mol. The Labute approximate surface area is 125 Å². The van der Waals surface area contributed by atoms with Gasteiger partial charge in [-0.2, -0.15) is 0 Å². The van der Waals surface area contributed by atoms with Crippen LogP contribution in [0.3, 0.4) is 0 Å². The third-order valence-electron chi connectivity index (χ3n) is 3.93. The fraction of sp³-hybridized carbons (Fsp3) is 0.500. The van der Waals surface area contributed by atoms with E-state index in [4.69, 9.17) is 4.74 Å². The molecule has 0 radical (unpaired) electrons. The minimum absolute atomic E-state index is 0.0943. The van der Waals surface area contributed by atoms with E-state index in [1.54, 1.807) is 0 Å². The molecule has 0 aromatic heterocycles. The molecular weight excluding hydrogens is 268 g/mol. The van der Waals surface area contributed by atoms with Crippen molar-refractivity contribution in [1.29, 1.82) is 0 Å². The van der Waals surface area contributed by atoms with E-state index < -0.39 is 0 Å². The summed E-state index contributed by atoms with van der Waals surface area (Å²) in [5.74, 6) is -0.351. The largest absolute Gasteiger partial charge is 0.468 e. The zero-order chi connectivity index (χ0) is 15.4. The molecule has 1 aliphatic rings. The quantitative estimate of drug-likeness (QED) is 0.860. The molecule has 0 saturated carbocycles. The molecule has 0 unspecified atom stereocenters. The third kappa shape index (κ3) is 3.61. The molecule has 1 aromatic rings. The molecule has 0 spiro atoms. The van der Waals surface area contributed by atoms with Crippen molar-refractivity contribution >= 4 is 17.6 Å². The van der Waals surface area contributed by atoms with Crippen LogP contribution >= 0.6 is 0 Å². The van der Waals surface area contributed by atoms with Crippen LogP contribution in [0.2, 0.25) is 0 Å². The van der Waals surface area contributed by atoms with Crippen molar-refractivity contribution in [3.8, 4) is 0 Å². The maximum atomic E-state index is 12.2. The van der Waals surface area contributed by atoms with Crippen LogP contribution in [0.1, 0.15) is 24.0 Å². The number of nitrogens with one attached hydrogen (secondary N) is 1. The van der Waals surface area contributed by atoms with Crippen LogP contribution in [-0.2, 0) is 14.3 Å². The first-order chi connectivity index (χ1) is 10.0. The molecule has 2 rings (SSSR count). The average molecular weight is 290 g/mol. The molecule has 1 aromatic carbocycles. The fourth-order valence-electron chi connectivity index (χ4n) is 2.79. The number of rotatable bonds is 4. The molecule has 1 amide bonds. The van der Waals surface area contributed by atoms with Crippen LogP contribution in [0, 0.1) is 13.8 Å². The number of ether oxygens (including phenoxy) is 1. The second-order valence-electron chi connectivity index (χ2n) is 5.47. The van der Waals surface area contributed by atoms with Crippen LogP contribution < -0.4 is 5.32 Å². The van der Waals surface area contributed by atoms with Crippen molar-refractivity contribution < 1.29 is 14.3 Å². The summed E-state index contributed by atoms with van der Waals surface area (Å²) >= 11 is 0. The number of carbonyl (C=O) groups is 2. The van der Waals surface area contributed by atoms with E-state index in [0.29, 0.717) is 0 Å². The van der Waals surface area contributed by atoms with Crippen LogP contribution in [-0.4, -0.2) is 43.0 Å². The van der Waals surface area contributed by atoms with Crippen molar-refractivity contribution in [1.82, 2.24) is 4.90 Å². The van der Waals surface area contributed by atoms with Crippen molar-refractivity contribution in [2.45, 2.75) is 32.7 Å². The number of methoxy groups -OCH3 is 1. The standard InChI is InChI=1S/C16H22N2O3/c1-11-6-4-7-12(2)15(11)17-14(19)10-18-9-5-8-13(18)16(20)21-3/h4,6-7,13H,5,8-10H2,1-3H3,(H,17,19)/t13-/m1/s1. The van der Waals surface area contributed by atoms with Gasteiger partial charge in [-0.15, -0.1) is 0 Å². The Morgan fingerprint density at radius 2 is 2.00 bits per heavy atom. The lowest BCUT2D eigenvalue weighted by Crippen LogP contribution is -2.41. The topological polar surface area (TPSA) is 58.6 Å². The number of esters is 1. The monoisotopic (exact) mass is 290 g/mol. The smallest absolute Gasteiger partial charge is 0.323 e. The number of carbonyl (C=O) groups excluding carboxylic acids is 2. The molecule has 114 valence electrons. The van der Waals surface area contributed by atoms with Gasteiger partial charge in [0, 0.05) is 5.69 Å². The summed E-state index contributed by atoms with van der Waals surface area (Å²) in [4.78, 5) is 25.8. The molecule has 0 aliphatic carbocycles. The third-order valence-corrected chi connectivity index (χ3v) is 3.93. The normalized spacial score (nSPS) is 18.5. The molecule has 1 saturated heterocycles. The summed E-state index contributed by atoms with van der Waals surface area (Å²) in [6.45, 7) is 4.90. The average Bonchev–Trinajstić information content (AvgIpc) is 2.90. The number of para-hydroxylation sites is 1. The zero-order valence-electron chi connectivity index (χ0n) is 12.8. The van der Waals surface area contributed by atoms with Crippen molar-refractivity contribution in [2.24, 2.45) is 0 Å². The Bertz CT molecular complexity index is 522. The van der Waals surface area contributed by atoms with Crippen molar-refractivity contribution in [2.75, 3.05) is 25.5 Å². The molecule has 1 aliphatic heterocycles. The first-order valence-electron chi connectivity index (χ1n) is 7.21. The van der Waals surface area contributed by atoms with Gasteiger partial charge >= 0.3 is 5.97 Å². The Morgan fingerprint density at radius 3 is 2.62 bits per heavy atom. The van der Waals surface area contributed by atoms with E-state index in [1.807, 2.05) is 36.9 Å². The fourth-order valence-corrected chi connectivity index (χ4v) is 2.79. The van der Waals surface area contributed by atoms with Gasteiger partial charge in [-0.3, -0.25) is 14.5 Å². The summed E-state index contributed by atoms with van der Waals surface area (Å²) < 4.78 is 4.79. The maximum Gasteiger partial charge on any atom is 0.323 e. The molecule has 5 nitrogen and oxygen atoms in total. The van der Waals surface area contributed by atoms with E-state index in [0.717, 1.165) is 36.2 Å². The van der Waals surface area contributed by atoms with Gasteiger partial charge in [0.05, 0.1) is 13.7 Å². The minimum Gasteiger partial charge on any atom is -0.468 e. The highest BCUT2D eigenvalue weighted by Gasteiger charge is 2.32. The predicted octanol–water partition coefficient (Wildman–Crippen LogP) is 1.88. The highest BCUT2D eigenvalue weighted by molar-refractivity contribution is 5.94. The number of nitrogens with zero attached hydrogens (tertiary/aromatic N) is 1. The summed E-state index contributed by atoms with van der Waals surface area (Å²) in [6, 6.07) is 5.61. The van der Waals surface area contributed by atoms with Crippen molar-refractivity contribution in [3.05, 3.63) is 29.3 Å². The molecule has 1 N–H and O–H groups in total. The number of anilines is 1. The zero-order valence-corrected chi connectivity index (χ0v) is 12.8. The highest BCUT2D eigenvalue weighted by Crippen LogP contribution is 2.21. The maximum absolute atomic E-state index is 12.2. The van der Waals surface area contributed by atoms with Crippen LogP contribution in [0.15, 0.2) is 18.2 Å². The Hall–Kier alpha value is -1.88. The van der Waals surface area contributed by atoms with E-state index in [2.05, 4.69) is 5.32 Å². The molecule has 21 heavy (non-hydrogen) atoms. The first-order valence-corrected chi connectivity index (χ1v) is 7.21. The lowest BCUT2D eigenvalue weighted by atomic mass is 10.1. The van der Waals surface area contributed by atoms with E-state index in [1.165, 1.54) is 7.11 Å². The van der Waals surface area contributed by atoms with Gasteiger partial charge in [-0.25, -0.2) is 0 Å². The number of hydrogen-bond acceptors (Lipinski definition) is 4. The molecule has 1 atom stereocenters. The second-order valence-corrected chi connectivity index (χ2v) is 5.47. The number of amides is 1. The van der Waals surface area contributed by atoms with Gasteiger partial charge in [0.25, 0.3) is 0 Å². The summed E-state index contributed by atoms with van der Waals surface area (Å²) in [6.07, 6.45) is 1.67. The summed E-state index contributed by atoms with van der Waals surface area (Å²) in [5.41, 5.74) is 2.93. The Balaban J connectivity index is 2.00. The van der Waals surface area contributed by atoms with Gasteiger partial charge in [-0.05, 0) is 44.4 Å². The van der Waals surface area contributed by atoms with Crippen molar-refractivity contribution in [3.63, 3.8) is 0 Å². The molecule has 0 bridgehead atoms.